The van der Waals surface area contributed by atoms with E-state index in [1.807, 2.05) is 0 Å². The number of carbonyl (C=O) groups excluding carboxylic acids is 1. The molecule has 0 bridgehead atoms. The number of para-hydroxylation sites is 1. The Bertz CT molecular complexity index is 1020. The van der Waals surface area contributed by atoms with Crippen LogP contribution in [-0.4, -0.2) is 28.9 Å². The van der Waals surface area contributed by atoms with Crippen LogP contribution in [-0.2, 0) is 0 Å². The van der Waals surface area contributed by atoms with E-state index in [1.54, 1.807) is 31.2 Å². The number of rotatable bonds is 6. The van der Waals surface area contributed by atoms with Gasteiger partial charge in [0.2, 0.25) is 0 Å². The number of anilines is 1. The summed E-state index contributed by atoms with van der Waals surface area (Å²) >= 11 is 0. The summed E-state index contributed by atoms with van der Waals surface area (Å²) in [5, 5.41) is 17.6. The lowest BCUT2D eigenvalue weighted by molar-refractivity contribution is -0.383. The van der Waals surface area contributed by atoms with E-state index in [4.69, 9.17) is 0 Å². The van der Waals surface area contributed by atoms with Crippen LogP contribution in [0.1, 0.15) is 16.1 Å². The SMILES string of the molecule is Cc1cc(NCCNC(=O)c2ccccc2F)c2cccc([N+](=O)[O-])c2n1. The van der Waals surface area contributed by atoms with Crippen molar-refractivity contribution in [3.8, 4) is 0 Å². The Balaban J connectivity index is 1.71. The van der Waals surface area contributed by atoms with Gasteiger partial charge >= 0.3 is 0 Å². The lowest BCUT2D eigenvalue weighted by atomic mass is 10.1. The fraction of sp³-hybridized carbons (Fsp3) is 0.158. The third-order valence-corrected chi connectivity index (χ3v) is 3.99. The molecule has 2 N–H and O–H groups in total. The molecule has 0 aliphatic carbocycles. The van der Waals surface area contributed by atoms with Crippen LogP contribution in [0, 0.1) is 22.9 Å². The zero-order valence-corrected chi connectivity index (χ0v) is 14.5. The highest BCUT2D eigenvalue weighted by Gasteiger charge is 2.15. The second-order valence-corrected chi connectivity index (χ2v) is 5.90. The van der Waals surface area contributed by atoms with Crippen LogP contribution in [0.15, 0.2) is 48.5 Å². The molecule has 0 radical (unpaired) electrons. The summed E-state index contributed by atoms with van der Waals surface area (Å²) in [7, 11) is 0. The first kappa shape index (κ1) is 18.2. The number of halogens is 1. The van der Waals surface area contributed by atoms with Crippen molar-refractivity contribution in [1.82, 2.24) is 10.3 Å². The summed E-state index contributed by atoms with van der Waals surface area (Å²) in [6.45, 7) is 2.37. The average Bonchev–Trinajstić information content (AvgIpc) is 2.64. The van der Waals surface area contributed by atoms with Crippen molar-refractivity contribution in [2.24, 2.45) is 0 Å². The van der Waals surface area contributed by atoms with Gasteiger partial charge < -0.3 is 10.6 Å². The van der Waals surface area contributed by atoms with E-state index in [-0.39, 0.29) is 17.8 Å². The van der Waals surface area contributed by atoms with E-state index in [1.165, 1.54) is 24.3 Å². The second-order valence-electron chi connectivity index (χ2n) is 5.90. The van der Waals surface area contributed by atoms with Gasteiger partial charge in [0.1, 0.15) is 5.82 Å². The summed E-state index contributed by atoms with van der Waals surface area (Å²) in [6.07, 6.45) is 0. The van der Waals surface area contributed by atoms with E-state index < -0.39 is 16.6 Å². The molecular formula is C19H17FN4O3. The number of fused-ring (bicyclic) bond motifs is 1. The summed E-state index contributed by atoms with van der Waals surface area (Å²) < 4.78 is 13.6. The van der Waals surface area contributed by atoms with Crippen LogP contribution >= 0.6 is 0 Å². The van der Waals surface area contributed by atoms with Gasteiger partial charge in [0.05, 0.1) is 10.5 Å². The molecule has 1 heterocycles. The number of nitro benzene ring substituents is 1. The van der Waals surface area contributed by atoms with Crippen molar-refractivity contribution >= 4 is 28.2 Å². The maximum absolute atomic E-state index is 13.6. The van der Waals surface area contributed by atoms with Crippen molar-refractivity contribution in [3.05, 3.63) is 75.7 Å². The Labute approximate surface area is 154 Å². The smallest absolute Gasteiger partial charge is 0.295 e. The molecule has 1 aromatic heterocycles. The van der Waals surface area contributed by atoms with Gasteiger partial charge in [0, 0.05) is 35.9 Å². The standard InChI is InChI=1S/C19H17FN4O3/c1-12-11-16(14-6-4-8-17(24(26)27)18(14)23-12)21-9-10-22-19(25)13-5-2-3-7-15(13)20/h2-8,11H,9-10H2,1H3,(H,21,23)(H,22,25). The van der Waals surface area contributed by atoms with Crippen molar-refractivity contribution in [2.75, 3.05) is 18.4 Å². The maximum atomic E-state index is 13.6. The molecule has 8 heteroatoms. The first-order valence-electron chi connectivity index (χ1n) is 8.28. The molecule has 7 nitrogen and oxygen atoms in total. The molecule has 0 atom stereocenters. The highest BCUT2D eigenvalue weighted by Crippen LogP contribution is 2.29. The maximum Gasteiger partial charge on any atom is 0.295 e. The minimum Gasteiger partial charge on any atom is -0.383 e. The summed E-state index contributed by atoms with van der Waals surface area (Å²) in [5.41, 5.74) is 1.54. The summed E-state index contributed by atoms with van der Waals surface area (Å²) in [5.74, 6) is -1.08. The fourth-order valence-electron chi connectivity index (χ4n) is 2.77. The molecule has 0 unspecified atom stereocenters. The minimum atomic E-state index is -0.578. The highest BCUT2D eigenvalue weighted by atomic mass is 19.1. The van der Waals surface area contributed by atoms with Gasteiger partial charge in [-0.1, -0.05) is 24.3 Å². The van der Waals surface area contributed by atoms with Gasteiger partial charge in [-0.25, -0.2) is 9.37 Å². The van der Waals surface area contributed by atoms with Gasteiger partial charge in [-0.3, -0.25) is 14.9 Å². The predicted octanol–water partition coefficient (Wildman–Crippen LogP) is 3.43. The molecule has 0 saturated heterocycles. The number of nitrogens with zero attached hydrogens (tertiary/aromatic N) is 2. The van der Waals surface area contributed by atoms with Gasteiger partial charge in [-0.2, -0.15) is 0 Å². The number of pyridine rings is 1. The summed E-state index contributed by atoms with van der Waals surface area (Å²) in [4.78, 5) is 27.0. The Morgan fingerprint density at radius 1 is 1.19 bits per heavy atom. The van der Waals surface area contributed by atoms with Crippen molar-refractivity contribution in [3.63, 3.8) is 0 Å². The largest absolute Gasteiger partial charge is 0.383 e. The number of nitrogens with one attached hydrogen (secondary N) is 2. The molecule has 0 fully saturated rings. The van der Waals surface area contributed by atoms with E-state index >= 15 is 0 Å². The molecule has 3 aromatic rings. The summed E-state index contributed by atoms with van der Waals surface area (Å²) in [6, 6.07) is 12.3. The minimum absolute atomic E-state index is 0.0154. The molecule has 2 aromatic carbocycles. The molecule has 138 valence electrons. The quantitative estimate of drug-likeness (QED) is 0.395. The van der Waals surface area contributed by atoms with Crippen LogP contribution in [0.25, 0.3) is 10.9 Å². The molecule has 1 amide bonds. The lowest BCUT2D eigenvalue weighted by Crippen LogP contribution is -2.29. The number of hydrogen-bond acceptors (Lipinski definition) is 5. The molecule has 3 rings (SSSR count). The Morgan fingerprint density at radius 3 is 2.70 bits per heavy atom. The van der Waals surface area contributed by atoms with Crippen LogP contribution in [0.4, 0.5) is 15.8 Å². The Kier molecular flexibility index (Phi) is 5.25. The number of aryl methyl sites for hydroxylation is 1. The monoisotopic (exact) mass is 368 g/mol. The third kappa shape index (κ3) is 4.00. The molecule has 0 spiro atoms. The van der Waals surface area contributed by atoms with E-state index in [2.05, 4.69) is 15.6 Å². The number of aromatic nitrogens is 1. The molecule has 0 aliphatic heterocycles. The normalized spacial score (nSPS) is 10.6. The first-order chi connectivity index (χ1) is 13.0. The lowest BCUT2D eigenvalue weighted by Gasteiger charge is -2.12. The van der Waals surface area contributed by atoms with E-state index in [0.717, 1.165) is 0 Å². The van der Waals surface area contributed by atoms with Crippen molar-refractivity contribution in [2.45, 2.75) is 6.92 Å². The van der Waals surface area contributed by atoms with E-state index in [0.29, 0.717) is 28.8 Å². The fourth-order valence-corrected chi connectivity index (χ4v) is 2.77. The van der Waals surface area contributed by atoms with Crippen LogP contribution in [0.2, 0.25) is 0 Å². The van der Waals surface area contributed by atoms with Gasteiger partial charge in [-0.15, -0.1) is 0 Å². The second kappa shape index (κ2) is 7.77. The van der Waals surface area contributed by atoms with Gasteiger partial charge in [0.15, 0.2) is 5.52 Å². The predicted molar refractivity (Wildman–Crippen MR) is 100 cm³/mol. The zero-order valence-electron chi connectivity index (χ0n) is 14.5. The number of benzene rings is 2. The number of non-ortho nitro benzene ring substituents is 1. The number of carbonyl (C=O) groups is 1. The highest BCUT2D eigenvalue weighted by molar-refractivity contribution is 5.97. The topological polar surface area (TPSA) is 97.2 Å². The van der Waals surface area contributed by atoms with Crippen LogP contribution in [0.5, 0.6) is 0 Å². The van der Waals surface area contributed by atoms with Crippen molar-refractivity contribution < 1.29 is 14.1 Å². The number of amides is 1. The molecule has 27 heavy (non-hydrogen) atoms. The van der Waals surface area contributed by atoms with Crippen LogP contribution < -0.4 is 10.6 Å². The van der Waals surface area contributed by atoms with Gasteiger partial charge in [0.25, 0.3) is 11.6 Å². The number of hydrogen-bond donors (Lipinski definition) is 2. The number of nitro groups is 1. The molecule has 0 saturated carbocycles. The Morgan fingerprint density at radius 2 is 1.96 bits per heavy atom. The first-order valence-corrected chi connectivity index (χ1v) is 8.28. The zero-order chi connectivity index (χ0) is 19.4. The van der Waals surface area contributed by atoms with Gasteiger partial charge in [-0.05, 0) is 25.1 Å². The van der Waals surface area contributed by atoms with E-state index in [9.17, 15) is 19.3 Å². The average molecular weight is 368 g/mol. The molecule has 0 aliphatic rings. The Hall–Kier alpha value is -3.55. The third-order valence-electron chi connectivity index (χ3n) is 3.99. The van der Waals surface area contributed by atoms with Crippen molar-refractivity contribution in [1.29, 1.82) is 0 Å². The molecular weight excluding hydrogens is 351 g/mol. The van der Waals surface area contributed by atoms with Crippen LogP contribution in [0.3, 0.4) is 0 Å².